The van der Waals surface area contributed by atoms with Crippen molar-refractivity contribution in [3.63, 3.8) is 0 Å². The van der Waals surface area contributed by atoms with Crippen LogP contribution < -0.4 is 5.73 Å². The summed E-state index contributed by atoms with van der Waals surface area (Å²) in [6.07, 6.45) is 4.48. The van der Waals surface area contributed by atoms with Crippen LogP contribution >= 0.6 is 0 Å². The maximum atomic E-state index is 6.00. The molecule has 2 nitrogen and oxygen atoms in total. The van der Waals surface area contributed by atoms with Gasteiger partial charge in [-0.1, -0.05) is 36.8 Å². The van der Waals surface area contributed by atoms with Crippen LogP contribution in [0.15, 0.2) is 24.3 Å². The second kappa shape index (κ2) is 6.73. The number of hydrogen-bond acceptors (Lipinski definition) is 2. The van der Waals surface area contributed by atoms with Gasteiger partial charge in [-0.05, 0) is 63.5 Å². The molecule has 2 N–H and O–H groups in total. The normalized spacial score (nSPS) is 28.3. The molecule has 2 rings (SSSR count). The van der Waals surface area contributed by atoms with Crippen LogP contribution in [-0.2, 0) is 4.74 Å². The summed E-state index contributed by atoms with van der Waals surface area (Å²) in [4.78, 5) is 0. The molecule has 1 aromatic carbocycles. The molecule has 2 heteroatoms. The van der Waals surface area contributed by atoms with Gasteiger partial charge in [-0.3, -0.25) is 0 Å². The van der Waals surface area contributed by atoms with E-state index in [0.717, 1.165) is 38.8 Å². The van der Waals surface area contributed by atoms with Gasteiger partial charge in [0, 0.05) is 6.61 Å². The Hall–Kier alpha value is -0.860. The first kappa shape index (κ1) is 15.5. The third kappa shape index (κ3) is 3.62. The molecule has 0 saturated carbocycles. The van der Waals surface area contributed by atoms with E-state index in [-0.39, 0.29) is 5.60 Å². The highest BCUT2D eigenvalue weighted by Gasteiger charge is 2.35. The fourth-order valence-electron chi connectivity index (χ4n) is 3.43. The summed E-state index contributed by atoms with van der Waals surface area (Å²) in [5, 5.41) is 0. The van der Waals surface area contributed by atoms with E-state index in [1.807, 2.05) is 0 Å². The minimum atomic E-state index is 0.0560. The fraction of sp³-hybridized carbons (Fsp3) is 0.667. The van der Waals surface area contributed by atoms with Crippen molar-refractivity contribution in [3.8, 4) is 0 Å². The first-order valence-corrected chi connectivity index (χ1v) is 7.98. The molecule has 0 radical (unpaired) electrons. The fourth-order valence-corrected chi connectivity index (χ4v) is 3.43. The standard InChI is InChI=1S/C18H29NO/c1-4-18(3)13-16(10-12-20-18)17(9-11-19)15-7-5-14(2)6-8-15/h5-8,16-17H,4,9-13,19H2,1-3H3/t16-,17+,18+/m1/s1. The van der Waals surface area contributed by atoms with Crippen LogP contribution in [0.4, 0.5) is 0 Å². The Morgan fingerprint density at radius 2 is 2.05 bits per heavy atom. The monoisotopic (exact) mass is 275 g/mol. The molecule has 0 aliphatic carbocycles. The van der Waals surface area contributed by atoms with Crippen LogP contribution in [-0.4, -0.2) is 18.8 Å². The molecular formula is C18H29NO. The van der Waals surface area contributed by atoms with Crippen molar-refractivity contribution in [2.45, 2.75) is 58.0 Å². The predicted molar refractivity (Wildman–Crippen MR) is 85.0 cm³/mol. The lowest BCUT2D eigenvalue weighted by molar-refractivity contribution is -0.0914. The number of rotatable bonds is 5. The molecule has 0 aromatic heterocycles. The lowest BCUT2D eigenvalue weighted by Crippen LogP contribution is -2.38. The zero-order chi connectivity index (χ0) is 14.6. The molecule has 0 spiro atoms. The van der Waals surface area contributed by atoms with Crippen molar-refractivity contribution in [2.75, 3.05) is 13.2 Å². The molecular weight excluding hydrogens is 246 g/mol. The van der Waals surface area contributed by atoms with Crippen LogP contribution in [0.3, 0.4) is 0 Å². The first-order valence-electron chi connectivity index (χ1n) is 7.98. The first-order chi connectivity index (χ1) is 9.58. The smallest absolute Gasteiger partial charge is 0.0654 e. The molecule has 3 atom stereocenters. The number of aryl methyl sites for hydroxylation is 1. The Balaban J connectivity index is 2.17. The summed E-state index contributed by atoms with van der Waals surface area (Å²) >= 11 is 0. The van der Waals surface area contributed by atoms with E-state index in [4.69, 9.17) is 10.5 Å². The van der Waals surface area contributed by atoms with Crippen LogP contribution in [0.5, 0.6) is 0 Å². The van der Waals surface area contributed by atoms with E-state index >= 15 is 0 Å². The third-order valence-corrected chi connectivity index (χ3v) is 4.93. The second-order valence-corrected chi connectivity index (χ2v) is 6.50. The van der Waals surface area contributed by atoms with Crippen molar-refractivity contribution in [3.05, 3.63) is 35.4 Å². The Bertz CT molecular complexity index is 414. The quantitative estimate of drug-likeness (QED) is 0.880. The summed E-state index contributed by atoms with van der Waals surface area (Å²) in [7, 11) is 0. The highest BCUT2D eigenvalue weighted by molar-refractivity contribution is 5.25. The Labute approximate surface area is 123 Å². The summed E-state index contributed by atoms with van der Waals surface area (Å²) in [6, 6.07) is 9.01. The summed E-state index contributed by atoms with van der Waals surface area (Å²) in [5.41, 5.74) is 8.70. The highest BCUT2D eigenvalue weighted by atomic mass is 16.5. The lowest BCUT2D eigenvalue weighted by Gasteiger charge is -2.41. The van der Waals surface area contributed by atoms with E-state index in [1.54, 1.807) is 0 Å². The van der Waals surface area contributed by atoms with Crippen LogP contribution in [0.25, 0.3) is 0 Å². The Morgan fingerprint density at radius 3 is 2.65 bits per heavy atom. The summed E-state index contributed by atoms with van der Waals surface area (Å²) < 4.78 is 6.00. The van der Waals surface area contributed by atoms with Crippen LogP contribution in [0, 0.1) is 12.8 Å². The molecule has 1 aliphatic rings. The average molecular weight is 275 g/mol. The van der Waals surface area contributed by atoms with Gasteiger partial charge in [-0.25, -0.2) is 0 Å². The largest absolute Gasteiger partial charge is 0.375 e. The van der Waals surface area contributed by atoms with E-state index in [9.17, 15) is 0 Å². The lowest BCUT2D eigenvalue weighted by atomic mass is 9.74. The van der Waals surface area contributed by atoms with Gasteiger partial charge < -0.3 is 10.5 Å². The molecule has 1 heterocycles. The van der Waals surface area contributed by atoms with Gasteiger partial charge in [-0.2, -0.15) is 0 Å². The van der Waals surface area contributed by atoms with Crippen LogP contribution in [0.1, 0.15) is 56.6 Å². The van der Waals surface area contributed by atoms with Gasteiger partial charge in [0.05, 0.1) is 5.60 Å². The molecule has 1 aliphatic heterocycles. The van der Waals surface area contributed by atoms with Gasteiger partial charge in [-0.15, -0.1) is 0 Å². The topological polar surface area (TPSA) is 35.2 Å². The van der Waals surface area contributed by atoms with Crippen molar-refractivity contribution in [1.82, 2.24) is 0 Å². The van der Waals surface area contributed by atoms with Gasteiger partial charge in [0.25, 0.3) is 0 Å². The SMILES string of the molecule is CC[C@@]1(C)C[C@H]([C@@H](CCN)c2ccc(C)cc2)CCO1. The number of nitrogens with two attached hydrogens (primary N) is 1. The summed E-state index contributed by atoms with van der Waals surface area (Å²) in [5.74, 6) is 1.27. The van der Waals surface area contributed by atoms with Gasteiger partial charge in [0.1, 0.15) is 0 Å². The van der Waals surface area contributed by atoms with Crippen molar-refractivity contribution in [1.29, 1.82) is 0 Å². The van der Waals surface area contributed by atoms with Gasteiger partial charge in [0.2, 0.25) is 0 Å². The molecule has 0 bridgehead atoms. The van der Waals surface area contributed by atoms with Gasteiger partial charge >= 0.3 is 0 Å². The van der Waals surface area contributed by atoms with Crippen molar-refractivity contribution >= 4 is 0 Å². The minimum Gasteiger partial charge on any atom is -0.375 e. The van der Waals surface area contributed by atoms with E-state index in [1.165, 1.54) is 11.1 Å². The van der Waals surface area contributed by atoms with Crippen LogP contribution in [0.2, 0.25) is 0 Å². The summed E-state index contributed by atoms with van der Waals surface area (Å²) in [6.45, 7) is 8.28. The highest BCUT2D eigenvalue weighted by Crippen LogP contribution is 2.41. The maximum Gasteiger partial charge on any atom is 0.0654 e. The maximum absolute atomic E-state index is 6.00. The average Bonchev–Trinajstić information content (AvgIpc) is 2.46. The number of ether oxygens (including phenoxy) is 1. The second-order valence-electron chi connectivity index (χ2n) is 6.50. The molecule has 1 fully saturated rings. The van der Waals surface area contributed by atoms with Crippen molar-refractivity contribution in [2.24, 2.45) is 11.7 Å². The molecule has 0 amide bonds. The predicted octanol–water partition coefficient (Wildman–Crippen LogP) is 4.02. The zero-order valence-electron chi connectivity index (χ0n) is 13.2. The number of benzene rings is 1. The molecule has 0 unspecified atom stereocenters. The minimum absolute atomic E-state index is 0.0560. The van der Waals surface area contributed by atoms with Crippen molar-refractivity contribution < 1.29 is 4.74 Å². The molecule has 112 valence electrons. The molecule has 20 heavy (non-hydrogen) atoms. The molecule has 1 saturated heterocycles. The Kier molecular flexibility index (Phi) is 5.22. The number of hydrogen-bond donors (Lipinski definition) is 1. The Morgan fingerprint density at radius 1 is 1.35 bits per heavy atom. The van der Waals surface area contributed by atoms with E-state index in [2.05, 4.69) is 45.0 Å². The molecule has 1 aromatic rings. The van der Waals surface area contributed by atoms with E-state index in [0.29, 0.717) is 11.8 Å². The third-order valence-electron chi connectivity index (χ3n) is 4.93. The zero-order valence-corrected chi connectivity index (χ0v) is 13.2. The van der Waals surface area contributed by atoms with Gasteiger partial charge in [0.15, 0.2) is 0 Å². The van der Waals surface area contributed by atoms with E-state index < -0.39 is 0 Å².